The van der Waals surface area contributed by atoms with E-state index in [1.165, 1.54) is 0 Å². The molecule has 3 N–H and O–H groups in total. The molecule has 8 nitrogen and oxygen atoms in total. The number of aliphatic hydroxyl groups excluding tert-OH is 1. The second-order valence-electron chi connectivity index (χ2n) is 10.0. The molecule has 2 unspecified atom stereocenters. The molecule has 0 saturated carbocycles. The van der Waals surface area contributed by atoms with E-state index in [4.69, 9.17) is 11.2 Å². The summed E-state index contributed by atoms with van der Waals surface area (Å²) in [6.45, 7) is 7.94. The van der Waals surface area contributed by atoms with E-state index < -0.39 is 42.2 Å². The van der Waals surface area contributed by atoms with Gasteiger partial charge in [0.15, 0.2) is 0 Å². The number of aryl methyl sites for hydroxylation is 2. The largest absolute Gasteiger partial charge is 0.444 e. The van der Waals surface area contributed by atoms with E-state index in [1.54, 1.807) is 32.9 Å². The van der Waals surface area contributed by atoms with Gasteiger partial charge in [-0.1, -0.05) is 60.5 Å². The minimum absolute atomic E-state index is 0.517. The number of aliphatic hydroxyl groups is 1. The number of rotatable bonds is 7. The maximum Gasteiger partial charge on any atom is 0.408 e. The Morgan fingerprint density at radius 1 is 1.03 bits per heavy atom. The minimum Gasteiger partial charge on any atom is -0.444 e. The van der Waals surface area contributed by atoms with Crippen LogP contribution in [0, 0.1) is 26.3 Å². The number of nitrogens with one attached hydrogen (secondary N) is 2. The Hall–Kier alpha value is -4.35. The van der Waals surface area contributed by atoms with Gasteiger partial charge in [-0.2, -0.15) is 0 Å². The van der Waals surface area contributed by atoms with Gasteiger partial charge in [0, 0.05) is 11.7 Å². The number of carbonyl (C=O) groups excluding carboxylic acids is 3. The van der Waals surface area contributed by atoms with Crippen LogP contribution in [0.4, 0.5) is 10.5 Å². The summed E-state index contributed by atoms with van der Waals surface area (Å²) >= 11 is 0. The first-order chi connectivity index (χ1) is 17.9. The molecule has 0 aliphatic heterocycles. The van der Waals surface area contributed by atoms with Crippen LogP contribution < -0.4 is 10.6 Å². The van der Waals surface area contributed by atoms with Crippen molar-refractivity contribution >= 4 is 34.4 Å². The second-order valence-corrected chi connectivity index (χ2v) is 10.0. The molecule has 3 rings (SSSR count). The molecule has 0 heterocycles. The number of carbonyl (C=O) groups is 3. The quantitative estimate of drug-likeness (QED) is 0.319. The summed E-state index contributed by atoms with van der Waals surface area (Å²) in [6.07, 6.45) is 4.88. The molecule has 38 heavy (non-hydrogen) atoms. The predicted octanol–water partition coefficient (Wildman–Crippen LogP) is 4.44. The normalized spacial score (nSPS) is 12.7. The Labute approximate surface area is 223 Å². The van der Waals surface area contributed by atoms with E-state index in [-0.39, 0.29) is 0 Å². The zero-order valence-corrected chi connectivity index (χ0v) is 22.2. The van der Waals surface area contributed by atoms with Crippen LogP contribution in [0.5, 0.6) is 0 Å². The maximum atomic E-state index is 13.8. The van der Waals surface area contributed by atoms with E-state index in [1.807, 2.05) is 62.4 Å². The van der Waals surface area contributed by atoms with Crippen molar-refractivity contribution in [2.24, 2.45) is 0 Å². The summed E-state index contributed by atoms with van der Waals surface area (Å²) in [4.78, 5) is 40.5. The topological polar surface area (TPSA) is 108 Å². The summed E-state index contributed by atoms with van der Waals surface area (Å²) < 4.78 is 5.21. The van der Waals surface area contributed by atoms with Gasteiger partial charge in [-0.05, 0) is 68.7 Å². The van der Waals surface area contributed by atoms with Crippen LogP contribution in [0.15, 0.2) is 60.7 Å². The van der Waals surface area contributed by atoms with Crippen molar-refractivity contribution in [3.63, 3.8) is 0 Å². The average molecular weight is 516 g/mol. The van der Waals surface area contributed by atoms with Crippen LogP contribution in [0.3, 0.4) is 0 Å². The number of anilines is 1. The highest BCUT2D eigenvalue weighted by Crippen LogP contribution is 2.28. The van der Waals surface area contributed by atoms with Crippen LogP contribution in [0.1, 0.15) is 43.5 Å². The number of alkyl carbamates (subject to hydrolysis) is 1. The Balaban J connectivity index is 1.98. The number of ether oxygens (including phenoxy) is 1. The predicted molar refractivity (Wildman–Crippen MR) is 147 cm³/mol. The lowest BCUT2D eigenvalue weighted by Gasteiger charge is -2.30. The Morgan fingerprint density at radius 2 is 1.71 bits per heavy atom. The van der Waals surface area contributed by atoms with Gasteiger partial charge in [0.1, 0.15) is 17.7 Å². The molecule has 0 aromatic heterocycles. The molecular weight excluding hydrogens is 482 g/mol. The molecule has 0 fully saturated rings. The number of fused-ring (bicyclic) bond motifs is 1. The van der Waals surface area contributed by atoms with Crippen LogP contribution in [-0.2, 0) is 14.3 Å². The highest BCUT2D eigenvalue weighted by atomic mass is 16.6. The van der Waals surface area contributed by atoms with Gasteiger partial charge in [-0.15, -0.1) is 0 Å². The Kier molecular flexibility index (Phi) is 8.76. The van der Waals surface area contributed by atoms with Crippen LogP contribution in [-0.4, -0.2) is 46.2 Å². The number of nitrogens with zero attached hydrogens (tertiary/aromatic N) is 1. The van der Waals surface area contributed by atoms with E-state index in [0.717, 1.165) is 26.8 Å². The number of terminal acetylenes is 1. The van der Waals surface area contributed by atoms with Gasteiger partial charge in [0.2, 0.25) is 0 Å². The zero-order chi connectivity index (χ0) is 28.0. The van der Waals surface area contributed by atoms with Crippen molar-refractivity contribution in [3.05, 3.63) is 77.4 Å². The highest BCUT2D eigenvalue weighted by Gasteiger charge is 2.36. The lowest BCUT2D eigenvalue weighted by molar-refractivity contribution is -0.137. The third-order valence-corrected chi connectivity index (χ3v) is 5.80. The lowest BCUT2D eigenvalue weighted by Crippen LogP contribution is -2.52. The molecule has 2 atom stereocenters. The van der Waals surface area contributed by atoms with Gasteiger partial charge in [0.25, 0.3) is 11.8 Å². The molecule has 0 aliphatic carbocycles. The summed E-state index contributed by atoms with van der Waals surface area (Å²) in [7, 11) is 0. The average Bonchev–Trinajstić information content (AvgIpc) is 2.85. The van der Waals surface area contributed by atoms with E-state index >= 15 is 0 Å². The van der Waals surface area contributed by atoms with E-state index in [2.05, 4.69) is 16.7 Å². The molecule has 0 radical (unpaired) electrons. The van der Waals surface area contributed by atoms with Crippen molar-refractivity contribution < 1.29 is 24.2 Å². The monoisotopic (exact) mass is 515 g/mol. The highest BCUT2D eigenvalue weighted by molar-refractivity contribution is 6.01. The Bertz CT molecular complexity index is 1390. The first-order valence-electron chi connectivity index (χ1n) is 12.2. The standard InChI is InChI=1S/C30H33N3O5/c1-7-33(28(36)25(18-34)32-29(37)38-30(4,5)6)26(24-16-19(2)12-13-20(24)3)27(35)31-23-15-14-21-10-8-9-11-22(21)17-23/h1,8-17,25-26,34H,18H2,2-6H3,(H,31,35)(H,32,37). The van der Waals surface area contributed by atoms with Crippen LogP contribution >= 0.6 is 0 Å². The molecule has 0 saturated heterocycles. The Morgan fingerprint density at radius 3 is 2.34 bits per heavy atom. The molecule has 8 heteroatoms. The number of hydrogen-bond acceptors (Lipinski definition) is 5. The first-order valence-corrected chi connectivity index (χ1v) is 12.2. The van der Waals surface area contributed by atoms with Gasteiger partial charge < -0.3 is 20.5 Å². The maximum absolute atomic E-state index is 13.8. The number of amides is 3. The molecule has 0 spiro atoms. The fourth-order valence-electron chi connectivity index (χ4n) is 4.00. The summed E-state index contributed by atoms with van der Waals surface area (Å²) in [5.41, 5.74) is 1.83. The van der Waals surface area contributed by atoms with Crippen LogP contribution in [0.2, 0.25) is 0 Å². The summed E-state index contributed by atoms with van der Waals surface area (Å²) in [5, 5.41) is 17.1. The van der Waals surface area contributed by atoms with E-state index in [9.17, 15) is 19.5 Å². The molecular formula is C30H33N3O5. The second kappa shape index (κ2) is 11.8. The van der Waals surface area contributed by atoms with Crippen molar-refractivity contribution in [2.75, 3.05) is 11.9 Å². The molecule has 3 aromatic rings. The zero-order valence-electron chi connectivity index (χ0n) is 22.2. The van der Waals surface area contributed by atoms with Gasteiger partial charge in [-0.3, -0.25) is 14.5 Å². The SMILES string of the molecule is C#CN(C(=O)C(CO)NC(=O)OC(C)(C)C)C(C(=O)Nc1ccc2ccccc2c1)c1cc(C)ccc1C. The molecule has 0 aliphatic rings. The van der Waals surface area contributed by atoms with Crippen molar-refractivity contribution in [1.82, 2.24) is 10.2 Å². The molecule has 3 aromatic carbocycles. The fraction of sp³-hybridized carbons (Fsp3) is 0.300. The lowest BCUT2D eigenvalue weighted by atomic mass is 9.96. The minimum atomic E-state index is -1.43. The smallest absolute Gasteiger partial charge is 0.408 e. The molecule has 0 bridgehead atoms. The van der Waals surface area contributed by atoms with E-state index in [0.29, 0.717) is 11.3 Å². The van der Waals surface area contributed by atoms with Gasteiger partial charge in [0.05, 0.1) is 6.61 Å². The van der Waals surface area contributed by atoms with Crippen molar-refractivity contribution in [3.8, 4) is 12.5 Å². The molecule has 198 valence electrons. The summed E-state index contributed by atoms with van der Waals surface area (Å²) in [6, 6.07) is 18.3. The van der Waals surface area contributed by atoms with Crippen LogP contribution in [0.25, 0.3) is 10.8 Å². The van der Waals surface area contributed by atoms with Gasteiger partial charge >= 0.3 is 6.09 Å². The van der Waals surface area contributed by atoms with Crippen molar-refractivity contribution in [2.45, 2.75) is 52.3 Å². The fourth-order valence-corrected chi connectivity index (χ4v) is 4.00. The molecule has 3 amide bonds. The van der Waals surface area contributed by atoms with Crippen molar-refractivity contribution in [1.29, 1.82) is 0 Å². The third kappa shape index (κ3) is 6.90. The third-order valence-electron chi connectivity index (χ3n) is 5.80. The first kappa shape index (κ1) is 28.2. The number of benzene rings is 3. The number of hydrogen-bond donors (Lipinski definition) is 3. The van der Waals surface area contributed by atoms with Gasteiger partial charge in [-0.25, -0.2) is 4.79 Å². The summed E-state index contributed by atoms with van der Waals surface area (Å²) in [5.74, 6) is -1.38.